The molecule has 6 heteroatoms. The van der Waals surface area contributed by atoms with Gasteiger partial charge in [0.1, 0.15) is 12.4 Å². The lowest BCUT2D eigenvalue weighted by Gasteiger charge is -2.05. The van der Waals surface area contributed by atoms with Crippen LogP contribution in [0.25, 0.3) is 10.4 Å². The van der Waals surface area contributed by atoms with E-state index in [1.54, 1.807) is 6.20 Å². The van der Waals surface area contributed by atoms with Crippen LogP contribution in [0.2, 0.25) is 0 Å². The lowest BCUT2D eigenvalue weighted by molar-refractivity contribution is 0.304. The van der Waals surface area contributed by atoms with Crippen LogP contribution in [0.15, 0.2) is 52.5 Å². The maximum Gasteiger partial charge on any atom is 0.188 e. The molecule has 0 radical (unpaired) electrons. The van der Waals surface area contributed by atoms with Crippen LogP contribution in [0.5, 0.6) is 5.75 Å². The summed E-state index contributed by atoms with van der Waals surface area (Å²) in [6.07, 6.45) is 1.58. The van der Waals surface area contributed by atoms with Gasteiger partial charge in [0.25, 0.3) is 0 Å². The number of benzene rings is 1. The molecule has 2 aromatic rings. The summed E-state index contributed by atoms with van der Waals surface area (Å²) in [7, 11) is 0. The fourth-order valence-corrected chi connectivity index (χ4v) is 1.53. The van der Waals surface area contributed by atoms with Gasteiger partial charge in [-0.25, -0.2) is 0 Å². The Hall–Kier alpha value is -2.72. The SMILES string of the molecule is [N-]=[N+]=NCc1cc(=O)c(COc2ccccc2)c[nH]1. The molecule has 6 nitrogen and oxygen atoms in total. The lowest BCUT2D eigenvalue weighted by Crippen LogP contribution is -2.12. The van der Waals surface area contributed by atoms with Crippen molar-refractivity contribution in [2.45, 2.75) is 13.2 Å². The fraction of sp³-hybridized carbons (Fsp3) is 0.154. The summed E-state index contributed by atoms with van der Waals surface area (Å²) in [6, 6.07) is 10.7. The first-order valence-corrected chi connectivity index (χ1v) is 5.69. The Balaban J connectivity index is 2.05. The number of H-pyrrole nitrogens is 1. The standard InChI is InChI=1S/C13H12N4O2/c14-17-16-8-11-6-13(18)10(7-15-11)9-19-12-4-2-1-3-5-12/h1-7H,8-9H2,(H,15,18). The average Bonchev–Trinajstić information content (AvgIpc) is 2.45. The van der Waals surface area contributed by atoms with Gasteiger partial charge in [-0.1, -0.05) is 23.3 Å². The van der Waals surface area contributed by atoms with Crippen molar-refractivity contribution in [2.24, 2.45) is 5.11 Å². The summed E-state index contributed by atoms with van der Waals surface area (Å²) in [5.74, 6) is 0.708. The molecule has 2 rings (SSSR count). The highest BCUT2D eigenvalue weighted by molar-refractivity contribution is 5.22. The number of nitrogens with zero attached hydrogens (tertiary/aromatic N) is 3. The molecule has 96 valence electrons. The minimum Gasteiger partial charge on any atom is -0.489 e. The van der Waals surface area contributed by atoms with E-state index in [-0.39, 0.29) is 18.6 Å². The molecule has 0 aliphatic rings. The van der Waals surface area contributed by atoms with Gasteiger partial charge in [0.15, 0.2) is 5.43 Å². The predicted octanol–water partition coefficient (Wildman–Crippen LogP) is 2.76. The van der Waals surface area contributed by atoms with Gasteiger partial charge in [-0.05, 0) is 17.7 Å². The summed E-state index contributed by atoms with van der Waals surface area (Å²) in [4.78, 5) is 17.3. The maximum absolute atomic E-state index is 11.8. The van der Waals surface area contributed by atoms with Crippen LogP contribution in [-0.2, 0) is 13.2 Å². The molecule has 0 atom stereocenters. The zero-order valence-electron chi connectivity index (χ0n) is 10.1. The quantitative estimate of drug-likeness (QED) is 0.506. The van der Waals surface area contributed by atoms with Gasteiger partial charge in [0.2, 0.25) is 0 Å². The first-order chi connectivity index (χ1) is 9.29. The number of nitrogens with one attached hydrogen (secondary N) is 1. The topological polar surface area (TPSA) is 90.9 Å². The Morgan fingerprint density at radius 3 is 2.79 bits per heavy atom. The molecule has 1 heterocycles. The molecule has 0 amide bonds. The zero-order chi connectivity index (χ0) is 13.5. The van der Waals surface area contributed by atoms with Crippen molar-refractivity contribution in [2.75, 3.05) is 0 Å². The number of rotatable bonds is 5. The Morgan fingerprint density at radius 2 is 2.11 bits per heavy atom. The van der Waals surface area contributed by atoms with Crippen LogP contribution in [0.4, 0.5) is 0 Å². The number of hydrogen-bond donors (Lipinski definition) is 1. The second kappa shape index (κ2) is 6.28. The van der Waals surface area contributed by atoms with Gasteiger partial charge in [-0.15, -0.1) is 0 Å². The van der Waals surface area contributed by atoms with E-state index >= 15 is 0 Å². The van der Waals surface area contributed by atoms with Crippen LogP contribution in [-0.4, -0.2) is 4.98 Å². The molecule has 1 aromatic carbocycles. The highest BCUT2D eigenvalue weighted by atomic mass is 16.5. The highest BCUT2D eigenvalue weighted by Gasteiger charge is 2.02. The largest absolute Gasteiger partial charge is 0.489 e. The third-order valence-corrected chi connectivity index (χ3v) is 2.50. The minimum atomic E-state index is -0.141. The number of para-hydroxylation sites is 1. The molecule has 0 aliphatic heterocycles. The molecular weight excluding hydrogens is 244 g/mol. The third kappa shape index (κ3) is 3.62. The molecule has 1 aromatic heterocycles. The van der Waals surface area contributed by atoms with Crippen molar-refractivity contribution in [3.63, 3.8) is 0 Å². The molecule has 0 aliphatic carbocycles. The van der Waals surface area contributed by atoms with E-state index in [1.807, 2.05) is 30.3 Å². The van der Waals surface area contributed by atoms with Crippen molar-refractivity contribution >= 4 is 0 Å². The van der Waals surface area contributed by atoms with E-state index in [0.29, 0.717) is 17.0 Å². The second-order valence-electron chi connectivity index (χ2n) is 3.84. The maximum atomic E-state index is 11.8. The van der Waals surface area contributed by atoms with Crippen LogP contribution >= 0.6 is 0 Å². The number of hydrogen-bond acceptors (Lipinski definition) is 3. The highest BCUT2D eigenvalue weighted by Crippen LogP contribution is 2.10. The van der Waals surface area contributed by atoms with Crippen molar-refractivity contribution in [3.8, 4) is 5.75 Å². The normalized spacial score (nSPS) is 9.68. The van der Waals surface area contributed by atoms with Crippen molar-refractivity contribution in [3.05, 3.63) is 74.5 Å². The van der Waals surface area contributed by atoms with Gasteiger partial charge in [0.05, 0.1) is 12.1 Å². The van der Waals surface area contributed by atoms with Gasteiger partial charge in [-0.2, -0.15) is 0 Å². The van der Waals surface area contributed by atoms with E-state index < -0.39 is 0 Å². The Kier molecular flexibility index (Phi) is 4.21. The van der Waals surface area contributed by atoms with E-state index in [0.717, 1.165) is 0 Å². The minimum absolute atomic E-state index is 0.131. The van der Waals surface area contributed by atoms with Gasteiger partial charge < -0.3 is 9.72 Å². The third-order valence-electron chi connectivity index (χ3n) is 2.50. The Labute approximate surface area is 109 Å². The van der Waals surface area contributed by atoms with Gasteiger partial charge >= 0.3 is 0 Å². The number of pyridine rings is 1. The number of azide groups is 1. The zero-order valence-corrected chi connectivity index (χ0v) is 10.1. The lowest BCUT2D eigenvalue weighted by atomic mass is 10.2. The predicted molar refractivity (Wildman–Crippen MR) is 70.7 cm³/mol. The molecule has 0 bridgehead atoms. The van der Waals surface area contributed by atoms with Crippen LogP contribution in [0, 0.1) is 0 Å². The first kappa shape index (κ1) is 12.7. The van der Waals surface area contributed by atoms with E-state index in [4.69, 9.17) is 10.3 Å². The molecule has 0 fully saturated rings. The van der Waals surface area contributed by atoms with Crippen LogP contribution in [0.1, 0.15) is 11.3 Å². The smallest absolute Gasteiger partial charge is 0.188 e. The van der Waals surface area contributed by atoms with Gasteiger partial charge in [0, 0.05) is 22.9 Å². The molecule has 0 unspecified atom stereocenters. The molecule has 19 heavy (non-hydrogen) atoms. The molecular formula is C13H12N4O2. The summed E-state index contributed by atoms with van der Waals surface area (Å²) in [6.45, 7) is 0.326. The second-order valence-corrected chi connectivity index (χ2v) is 3.84. The first-order valence-electron chi connectivity index (χ1n) is 5.69. The molecule has 1 N–H and O–H groups in total. The summed E-state index contributed by atoms with van der Waals surface area (Å²) >= 11 is 0. The van der Waals surface area contributed by atoms with E-state index in [9.17, 15) is 4.79 Å². The van der Waals surface area contributed by atoms with Crippen molar-refractivity contribution in [1.29, 1.82) is 0 Å². The molecule has 0 saturated heterocycles. The van der Waals surface area contributed by atoms with Crippen molar-refractivity contribution < 1.29 is 4.74 Å². The molecule has 0 spiro atoms. The monoisotopic (exact) mass is 256 g/mol. The summed E-state index contributed by atoms with van der Waals surface area (Å²) in [5.41, 5.74) is 9.16. The van der Waals surface area contributed by atoms with Gasteiger partial charge in [-0.3, -0.25) is 4.79 Å². The van der Waals surface area contributed by atoms with E-state index in [1.165, 1.54) is 6.07 Å². The van der Waals surface area contributed by atoms with Crippen LogP contribution in [0.3, 0.4) is 0 Å². The number of aromatic amines is 1. The summed E-state index contributed by atoms with van der Waals surface area (Å²) in [5, 5.41) is 3.39. The number of aromatic nitrogens is 1. The molecule has 0 saturated carbocycles. The Bertz CT molecular complexity index is 645. The van der Waals surface area contributed by atoms with E-state index in [2.05, 4.69) is 15.0 Å². The summed E-state index contributed by atoms with van der Waals surface area (Å²) < 4.78 is 5.49. The number of ether oxygens (including phenoxy) is 1. The fourth-order valence-electron chi connectivity index (χ4n) is 1.53. The van der Waals surface area contributed by atoms with Crippen molar-refractivity contribution in [1.82, 2.24) is 4.98 Å². The average molecular weight is 256 g/mol. The Morgan fingerprint density at radius 1 is 1.32 bits per heavy atom. The van der Waals surface area contributed by atoms with Crippen LogP contribution < -0.4 is 10.2 Å².